The summed E-state index contributed by atoms with van der Waals surface area (Å²) in [6.45, 7) is 2.11. The van der Waals surface area contributed by atoms with Crippen LogP contribution in [0.15, 0.2) is 66.7 Å². The lowest BCUT2D eigenvalue weighted by Gasteiger charge is -2.32. The highest BCUT2D eigenvalue weighted by atomic mass is 35.5. The molecule has 7 nitrogen and oxygen atoms in total. The molecule has 2 amide bonds. The predicted octanol–water partition coefficient (Wildman–Crippen LogP) is 3.82. The maximum Gasteiger partial charge on any atom is 0.274 e. The summed E-state index contributed by atoms with van der Waals surface area (Å²) in [6, 6.07) is 18.9. The van der Waals surface area contributed by atoms with Gasteiger partial charge in [-0.25, -0.2) is 8.42 Å². The second-order valence-electron chi connectivity index (χ2n) is 8.35. The number of sulfone groups is 1. The van der Waals surface area contributed by atoms with Gasteiger partial charge in [0.15, 0.2) is 9.84 Å². The van der Waals surface area contributed by atoms with Crippen LogP contribution in [-0.4, -0.2) is 33.1 Å². The molecule has 34 heavy (non-hydrogen) atoms. The van der Waals surface area contributed by atoms with E-state index in [0.29, 0.717) is 11.4 Å². The van der Waals surface area contributed by atoms with Crippen molar-refractivity contribution in [2.45, 2.75) is 18.3 Å². The number of methoxy groups -OCH3 is 1. The van der Waals surface area contributed by atoms with E-state index in [2.05, 4.69) is 0 Å². The summed E-state index contributed by atoms with van der Waals surface area (Å²) >= 11 is 6.30. The van der Waals surface area contributed by atoms with Gasteiger partial charge in [0.05, 0.1) is 24.4 Å². The lowest BCUT2D eigenvalue weighted by Crippen LogP contribution is -2.54. The minimum atomic E-state index is -4.25. The summed E-state index contributed by atoms with van der Waals surface area (Å²) in [5, 5.41) is 0.197. The number of fused-ring (bicyclic) bond motifs is 2. The molecule has 5 rings (SSSR count). The van der Waals surface area contributed by atoms with Crippen LogP contribution < -0.4 is 14.5 Å². The van der Waals surface area contributed by atoms with E-state index in [9.17, 15) is 18.0 Å². The standard InChI is InChI=1S/C25H21ClN2O5S/c1-16-6-5-7-17(12-16)14-27-21-9-4-3-8-19(21)25(24(27)30)28(23(29)15-34(25,31)32)18-10-11-22(33-2)20(26)13-18/h3-13H,14-15H2,1-2H3/t25-/m0/s1. The number of benzene rings is 3. The van der Waals surface area contributed by atoms with Crippen LogP contribution in [0.2, 0.25) is 5.02 Å². The molecule has 0 unspecified atom stereocenters. The summed E-state index contributed by atoms with van der Waals surface area (Å²) in [7, 11) is -2.79. The van der Waals surface area contributed by atoms with E-state index in [4.69, 9.17) is 16.3 Å². The third-order valence-electron chi connectivity index (χ3n) is 6.24. The fraction of sp³-hybridized carbons (Fsp3) is 0.200. The summed E-state index contributed by atoms with van der Waals surface area (Å²) in [4.78, 5) is 27.6. The highest BCUT2D eigenvalue weighted by Gasteiger charge is 2.69. The number of carbonyl (C=O) groups is 2. The third-order valence-corrected chi connectivity index (χ3v) is 8.64. The molecule has 1 fully saturated rings. The zero-order chi connectivity index (χ0) is 24.3. The molecule has 3 aromatic rings. The number of carbonyl (C=O) groups excluding carboxylic acids is 2. The van der Waals surface area contributed by atoms with Crippen molar-refractivity contribution < 1.29 is 22.7 Å². The first-order valence-electron chi connectivity index (χ1n) is 10.6. The van der Waals surface area contributed by atoms with Crippen molar-refractivity contribution in [2.24, 2.45) is 0 Å². The largest absolute Gasteiger partial charge is 0.495 e. The fourth-order valence-electron chi connectivity index (χ4n) is 4.84. The molecule has 0 aromatic heterocycles. The summed E-state index contributed by atoms with van der Waals surface area (Å²) < 4.78 is 32.5. The first-order chi connectivity index (χ1) is 16.2. The molecule has 0 N–H and O–H groups in total. The van der Waals surface area contributed by atoms with Gasteiger partial charge in [0.25, 0.3) is 10.8 Å². The minimum Gasteiger partial charge on any atom is -0.495 e. The zero-order valence-electron chi connectivity index (χ0n) is 18.5. The second kappa shape index (κ2) is 7.85. The van der Waals surface area contributed by atoms with Crippen LogP contribution in [0.3, 0.4) is 0 Å². The molecule has 2 heterocycles. The molecular formula is C25H21ClN2O5S. The Morgan fingerprint density at radius 1 is 1.03 bits per heavy atom. The Labute approximate surface area is 202 Å². The van der Waals surface area contributed by atoms with Crippen molar-refractivity contribution in [1.82, 2.24) is 0 Å². The second-order valence-corrected chi connectivity index (χ2v) is 10.9. The highest BCUT2D eigenvalue weighted by molar-refractivity contribution is 7.94. The SMILES string of the molecule is COc1ccc(N2C(=O)CS(=O)(=O)[C@@]23C(=O)N(Cc2cccc(C)c2)c2ccccc23)cc1Cl. The van der Waals surface area contributed by atoms with Crippen molar-refractivity contribution in [1.29, 1.82) is 0 Å². The Kier molecular flexibility index (Phi) is 5.18. The lowest BCUT2D eigenvalue weighted by molar-refractivity contribution is -0.123. The van der Waals surface area contributed by atoms with Crippen LogP contribution >= 0.6 is 11.6 Å². The molecule has 1 atom stereocenters. The fourth-order valence-corrected chi connectivity index (χ4v) is 7.12. The monoisotopic (exact) mass is 496 g/mol. The number of anilines is 2. The number of ether oxygens (including phenoxy) is 1. The molecule has 9 heteroatoms. The summed E-state index contributed by atoms with van der Waals surface area (Å²) in [5.74, 6) is -1.79. The molecule has 3 aromatic carbocycles. The van der Waals surface area contributed by atoms with E-state index in [1.807, 2.05) is 31.2 Å². The van der Waals surface area contributed by atoms with Gasteiger partial charge in [-0.05, 0) is 36.8 Å². The maximum absolute atomic E-state index is 14.1. The Balaban J connectivity index is 1.73. The van der Waals surface area contributed by atoms with Crippen molar-refractivity contribution in [2.75, 3.05) is 22.7 Å². The van der Waals surface area contributed by atoms with E-state index < -0.39 is 32.3 Å². The Morgan fingerprint density at radius 3 is 2.50 bits per heavy atom. The van der Waals surface area contributed by atoms with Gasteiger partial charge in [-0.3, -0.25) is 14.5 Å². The van der Waals surface area contributed by atoms with E-state index in [-0.39, 0.29) is 22.8 Å². The average Bonchev–Trinajstić information content (AvgIpc) is 3.16. The van der Waals surface area contributed by atoms with Gasteiger partial charge in [0, 0.05) is 11.3 Å². The van der Waals surface area contributed by atoms with Gasteiger partial charge in [-0.15, -0.1) is 0 Å². The van der Waals surface area contributed by atoms with E-state index in [1.54, 1.807) is 30.3 Å². The van der Waals surface area contributed by atoms with Crippen LogP contribution in [-0.2, 0) is 30.8 Å². The van der Waals surface area contributed by atoms with Crippen molar-refractivity contribution in [3.8, 4) is 5.75 Å². The topological polar surface area (TPSA) is 84.0 Å². The van der Waals surface area contributed by atoms with Crippen LogP contribution in [0.5, 0.6) is 5.75 Å². The number of hydrogen-bond acceptors (Lipinski definition) is 5. The number of aryl methyl sites for hydroxylation is 1. The molecule has 2 aliphatic heterocycles. The number of halogens is 1. The van der Waals surface area contributed by atoms with Crippen molar-refractivity contribution >= 4 is 44.6 Å². The molecule has 2 aliphatic rings. The van der Waals surface area contributed by atoms with Crippen molar-refractivity contribution in [3.05, 3.63) is 88.4 Å². The molecular weight excluding hydrogens is 476 g/mol. The van der Waals surface area contributed by atoms with E-state index in [0.717, 1.165) is 16.0 Å². The van der Waals surface area contributed by atoms with Gasteiger partial charge >= 0.3 is 0 Å². The molecule has 0 aliphatic carbocycles. The molecule has 174 valence electrons. The Morgan fingerprint density at radius 2 is 1.79 bits per heavy atom. The van der Waals surface area contributed by atoms with Gasteiger partial charge in [0.2, 0.25) is 5.91 Å². The number of hydrogen-bond donors (Lipinski definition) is 0. The number of rotatable bonds is 4. The average molecular weight is 497 g/mol. The van der Waals surface area contributed by atoms with Crippen LogP contribution in [0.25, 0.3) is 0 Å². The Bertz CT molecular complexity index is 1460. The van der Waals surface area contributed by atoms with Crippen LogP contribution in [0.1, 0.15) is 16.7 Å². The first-order valence-corrected chi connectivity index (χ1v) is 12.6. The summed E-state index contributed by atoms with van der Waals surface area (Å²) in [5.41, 5.74) is 2.78. The maximum atomic E-state index is 14.1. The van der Waals surface area contributed by atoms with Crippen molar-refractivity contribution in [3.63, 3.8) is 0 Å². The van der Waals surface area contributed by atoms with Gasteiger partial charge in [-0.1, -0.05) is 59.6 Å². The highest BCUT2D eigenvalue weighted by Crippen LogP contribution is 2.53. The van der Waals surface area contributed by atoms with Gasteiger partial charge < -0.3 is 9.64 Å². The van der Waals surface area contributed by atoms with E-state index in [1.165, 1.54) is 24.1 Å². The minimum absolute atomic E-state index is 0.167. The number of nitrogens with zero attached hydrogens (tertiary/aromatic N) is 2. The van der Waals surface area contributed by atoms with Crippen LogP contribution in [0.4, 0.5) is 11.4 Å². The van der Waals surface area contributed by atoms with Crippen LogP contribution in [0, 0.1) is 6.92 Å². The molecule has 0 bridgehead atoms. The first kappa shape index (κ1) is 22.4. The molecule has 0 radical (unpaired) electrons. The van der Waals surface area contributed by atoms with Gasteiger partial charge in [-0.2, -0.15) is 0 Å². The lowest BCUT2D eigenvalue weighted by atomic mass is 10.0. The van der Waals surface area contributed by atoms with E-state index >= 15 is 0 Å². The quantitative estimate of drug-likeness (QED) is 0.548. The third kappa shape index (κ3) is 3.05. The molecule has 0 saturated carbocycles. The smallest absolute Gasteiger partial charge is 0.274 e. The van der Waals surface area contributed by atoms with Gasteiger partial charge in [0.1, 0.15) is 11.5 Å². The molecule has 1 saturated heterocycles. The Hall–Kier alpha value is -3.36. The predicted molar refractivity (Wildman–Crippen MR) is 130 cm³/mol. The normalized spacial score (nSPS) is 20.8. The molecule has 1 spiro atoms. The summed E-state index contributed by atoms with van der Waals surface area (Å²) in [6.07, 6.45) is 0. The number of amides is 2. The zero-order valence-corrected chi connectivity index (χ0v) is 20.1. The number of para-hydroxylation sites is 1.